The third-order valence-corrected chi connectivity index (χ3v) is 7.96. The minimum Gasteiger partial charge on any atom is -0.251 e. The Hall–Kier alpha value is -3.78. The Kier molecular flexibility index (Phi) is 5.18. The van der Waals surface area contributed by atoms with E-state index in [-0.39, 0.29) is 22.0 Å². The fourth-order valence-corrected chi connectivity index (χ4v) is 4.99. The highest BCUT2D eigenvalue weighted by Gasteiger charge is 2.44. The number of halogens is 3. The first-order valence-corrected chi connectivity index (χ1v) is 12.4. The van der Waals surface area contributed by atoms with Crippen LogP contribution in [0.4, 0.5) is 13.2 Å². The maximum absolute atomic E-state index is 13.2. The first kappa shape index (κ1) is 23.0. The summed E-state index contributed by atoms with van der Waals surface area (Å²) in [6.07, 6.45) is 0.746. The molecule has 0 saturated heterocycles. The zero-order valence-corrected chi connectivity index (χ0v) is 19.2. The largest absolute Gasteiger partial charge is 0.433 e. The highest BCUT2D eigenvalue weighted by molar-refractivity contribution is 7.91. The van der Waals surface area contributed by atoms with Crippen LogP contribution in [0.1, 0.15) is 31.0 Å². The molecular weight excluding hydrogens is 479 g/mol. The van der Waals surface area contributed by atoms with Crippen molar-refractivity contribution in [2.45, 2.75) is 36.3 Å². The van der Waals surface area contributed by atoms with Crippen LogP contribution in [0.15, 0.2) is 59.9 Å². The smallest absolute Gasteiger partial charge is 0.251 e. The lowest BCUT2D eigenvalue weighted by Crippen LogP contribution is -2.12. The third kappa shape index (κ3) is 3.93. The van der Waals surface area contributed by atoms with Gasteiger partial charge in [-0.1, -0.05) is 31.2 Å². The fourth-order valence-electron chi connectivity index (χ4n) is 3.95. The van der Waals surface area contributed by atoms with E-state index in [1.165, 1.54) is 25.4 Å². The van der Waals surface area contributed by atoms with Gasteiger partial charge in [-0.25, -0.2) is 18.1 Å². The Morgan fingerprint density at radius 3 is 2.37 bits per heavy atom. The number of rotatable bonds is 5. The van der Waals surface area contributed by atoms with Crippen molar-refractivity contribution in [1.29, 1.82) is 5.26 Å². The maximum atomic E-state index is 13.2. The van der Waals surface area contributed by atoms with Crippen LogP contribution >= 0.6 is 0 Å². The second-order valence-electron chi connectivity index (χ2n) is 8.40. The number of sulfone groups is 1. The molecule has 0 radical (unpaired) electrons. The molecule has 35 heavy (non-hydrogen) atoms. The SMILES string of the molecule is CCS(=O)(=O)c1cc(-c2ccc(C3(C#N)CC3)cc2)cnc1-n1ncc2cnc(C(F)(F)F)cc21. The van der Waals surface area contributed by atoms with Gasteiger partial charge in [0, 0.05) is 23.3 Å². The van der Waals surface area contributed by atoms with Gasteiger partial charge in [-0.05, 0) is 36.1 Å². The van der Waals surface area contributed by atoms with E-state index in [4.69, 9.17) is 0 Å². The molecule has 0 spiro atoms. The van der Waals surface area contributed by atoms with Crippen LogP contribution in [0.25, 0.3) is 27.8 Å². The molecule has 178 valence electrons. The van der Waals surface area contributed by atoms with E-state index >= 15 is 0 Å². The van der Waals surface area contributed by atoms with Gasteiger partial charge in [0.1, 0.15) is 10.6 Å². The van der Waals surface area contributed by atoms with Crippen molar-refractivity contribution in [3.05, 3.63) is 66.2 Å². The van der Waals surface area contributed by atoms with Gasteiger partial charge in [-0.2, -0.15) is 23.5 Å². The molecule has 0 amide bonds. The topological polar surface area (TPSA) is 102 Å². The van der Waals surface area contributed by atoms with E-state index in [0.29, 0.717) is 16.5 Å². The molecule has 0 bridgehead atoms. The number of alkyl halides is 3. The molecule has 1 aliphatic rings. The number of nitrogens with zero attached hydrogens (tertiary/aromatic N) is 5. The normalized spacial score (nSPS) is 15.2. The van der Waals surface area contributed by atoms with E-state index in [1.807, 2.05) is 12.1 Å². The predicted molar refractivity (Wildman–Crippen MR) is 121 cm³/mol. The average Bonchev–Trinajstić information content (AvgIpc) is 3.55. The Labute approximate surface area is 198 Å². The quantitative estimate of drug-likeness (QED) is 0.391. The molecule has 1 fully saturated rings. The number of aromatic nitrogens is 4. The summed E-state index contributed by atoms with van der Waals surface area (Å²) < 4.78 is 66.7. The van der Waals surface area contributed by atoms with Crippen LogP contribution in [0.2, 0.25) is 0 Å². The van der Waals surface area contributed by atoms with Gasteiger partial charge in [-0.3, -0.25) is 4.98 Å². The summed E-state index contributed by atoms with van der Waals surface area (Å²) in [5, 5.41) is 13.8. The number of benzene rings is 1. The lowest BCUT2D eigenvalue weighted by atomic mass is 9.95. The van der Waals surface area contributed by atoms with Crippen molar-refractivity contribution in [3.8, 4) is 23.0 Å². The molecule has 4 aromatic rings. The molecule has 3 aromatic heterocycles. The first-order chi connectivity index (χ1) is 16.6. The number of nitriles is 1. The summed E-state index contributed by atoms with van der Waals surface area (Å²) in [6, 6.07) is 11.9. The molecule has 1 aliphatic carbocycles. The summed E-state index contributed by atoms with van der Waals surface area (Å²) in [4.78, 5) is 7.60. The highest BCUT2D eigenvalue weighted by Crippen LogP contribution is 2.47. The summed E-state index contributed by atoms with van der Waals surface area (Å²) in [7, 11) is -3.82. The van der Waals surface area contributed by atoms with Crippen molar-refractivity contribution in [3.63, 3.8) is 0 Å². The van der Waals surface area contributed by atoms with Crippen molar-refractivity contribution in [2.24, 2.45) is 0 Å². The van der Waals surface area contributed by atoms with Gasteiger partial charge >= 0.3 is 6.18 Å². The molecular formula is C24H18F3N5O2S. The average molecular weight is 498 g/mol. The molecule has 0 aliphatic heterocycles. The molecule has 0 unspecified atom stereocenters. The van der Waals surface area contributed by atoms with Crippen LogP contribution in [-0.2, 0) is 21.4 Å². The molecule has 1 aromatic carbocycles. The summed E-state index contributed by atoms with van der Waals surface area (Å²) >= 11 is 0. The number of hydrogen-bond donors (Lipinski definition) is 0. The second kappa shape index (κ2) is 7.88. The molecule has 7 nitrogen and oxygen atoms in total. The monoisotopic (exact) mass is 497 g/mol. The molecule has 1 saturated carbocycles. The Bertz CT molecular complexity index is 1600. The lowest BCUT2D eigenvalue weighted by molar-refractivity contribution is -0.141. The van der Waals surface area contributed by atoms with Gasteiger partial charge < -0.3 is 0 Å². The van der Waals surface area contributed by atoms with Crippen molar-refractivity contribution in [2.75, 3.05) is 5.75 Å². The van der Waals surface area contributed by atoms with E-state index in [1.54, 1.807) is 12.1 Å². The van der Waals surface area contributed by atoms with Crippen molar-refractivity contribution >= 4 is 20.7 Å². The second-order valence-corrected chi connectivity index (χ2v) is 10.6. The van der Waals surface area contributed by atoms with Crippen LogP contribution in [-0.4, -0.2) is 33.9 Å². The van der Waals surface area contributed by atoms with Crippen LogP contribution < -0.4 is 0 Å². The maximum Gasteiger partial charge on any atom is 0.433 e. The summed E-state index contributed by atoms with van der Waals surface area (Å²) in [6.45, 7) is 1.48. The van der Waals surface area contributed by atoms with E-state index in [2.05, 4.69) is 21.1 Å². The molecule has 0 atom stereocenters. The number of pyridine rings is 2. The fraction of sp³-hybridized carbons (Fsp3) is 0.250. The Morgan fingerprint density at radius 1 is 1.06 bits per heavy atom. The number of hydrogen-bond acceptors (Lipinski definition) is 6. The predicted octanol–water partition coefficient (Wildman–Crippen LogP) is 4.85. The molecule has 5 rings (SSSR count). The zero-order valence-electron chi connectivity index (χ0n) is 18.4. The van der Waals surface area contributed by atoms with Gasteiger partial charge in [0.05, 0.1) is 29.0 Å². The lowest BCUT2D eigenvalue weighted by Gasteiger charge is -2.13. The third-order valence-electron chi connectivity index (χ3n) is 6.23. The minimum absolute atomic E-state index is 0.0377. The van der Waals surface area contributed by atoms with Gasteiger partial charge in [0.25, 0.3) is 0 Å². The van der Waals surface area contributed by atoms with Gasteiger partial charge in [0.2, 0.25) is 0 Å². The minimum atomic E-state index is -4.67. The van der Waals surface area contributed by atoms with E-state index in [0.717, 1.165) is 35.4 Å². The standard InChI is InChI=1S/C24H18F3N5O2S/c1-2-35(33,34)20-9-16(15-3-5-18(6-4-15)23(14-28)7-8-23)11-30-22(20)32-19-10-21(24(25,26)27)29-12-17(19)13-31-32/h3-6,9-13H,2,7-8H2,1H3. The van der Waals surface area contributed by atoms with Crippen LogP contribution in [0.5, 0.6) is 0 Å². The number of fused-ring (bicyclic) bond motifs is 1. The van der Waals surface area contributed by atoms with Crippen LogP contribution in [0.3, 0.4) is 0 Å². The van der Waals surface area contributed by atoms with Gasteiger partial charge in [-0.15, -0.1) is 0 Å². The van der Waals surface area contributed by atoms with Gasteiger partial charge in [0.15, 0.2) is 15.7 Å². The van der Waals surface area contributed by atoms with Crippen molar-refractivity contribution < 1.29 is 21.6 Å². The zero-order chi connectivity index (χ0) is 25.0. The first-order valence-electron chi connectivity index (χ1n) is 10.7. The van der Waals surface area contributed by atoms with E-state index in [9.17, 15) is 26.9 Å². The summed E-state index contributed by atoms with van der Waals surface area (Å²) in [5.74, 6) is -0.327. The Morgan fingerprint density at radius 2 is 1.77 bits per heavy atom. The molecule has 3 heterocycles. The van der Waals surface area contributed by atoms with E-state index < -0.39 is 27.1 Å². The van der Waals surface area contributed by atoms with Crippen LogP contribution in [0, 0.1) is 11.3 Å². The highest BCUT2D eigenvalue weighted by atomic mass is 32.2. The Balaban J connectivity index is 1.64. The van der Waals surface area contributed by atoms with Crippen molar-refractivity contribution in [1.82, 2.24) is 19.7 Å². The summed E-state index contributed by atoms with van der Waals surface area (Å²) in [5.41, 5.74) is 0.603. The molecule has 0 N–H and O–H groups in total. The molecule has 11 heteroatoms.